The summed E-state index contributed by atoms with van der Waals surface area (Å²) in [6.45, 7) is 2.05. The fraction of sp³-hybridized carbons (Fsp3) is 0.400. The zero-order chi connectivity index (χ0) is 23.1. The normalized spacial score (nSPS) is 22.3. The van der Waals surface area contributed by atoms with Gasteiger partial charge in [-0.1, -0.05) is 29.3 Å². The average molecular weight is 510 g/mol. The lowest BCUT2D eigenvalue weighted by Crippen LogP contribution is -2.47. The van der Waals surface area contributed by atoms with Gasteiger partial charge in [-0.05, 0) is 48.4 Å². The van der Waals surface area contributed by atoms with Gasteiger partial charge in [-0.2, -0.15) is 0 Å². The fourth-order valence-corrected chi connectivity index (χ4v) is 5.64. The molecule has 2 saturated heterocycles. The Morgan fingerprint density at radius 2 is 1.88 bits per heavy atom. The van der Waals surface area contributed by atoms with Crippen LogP contribution in [0.2, 0.25) is 10.0 Å². The zero-order valence-corrected chi connectivity index (χ0v) is 18.9. The van der Waals surface area contributed by atoms with Crippen molar-refractivity contribution in [1.29, 1.82) is 0 Å². The van der Waals surface area contributed by atoms with Crippen molar-refractivity contribution < 1.29 is 26.3 Å². The molecule has 0 amide bonds. The third-order valence-corrected chi connectivity index (χ3v) is 7.82. The third kappa shape index (κ3) is 5.49. The van der Waals surface area contributed by atoms with Gasteiger partial charge in [0, 0.05) is 31.7 Å². The Morgan fingerprint density at radius 1 is 1.16 bits per heavy atom. The van der Waals surface area contributed by atoms with Crippen molar-refractivity contribution in [1.82, 2.24) is 14.9 Å². The number of sulfonamides is 1. The molecule has 2 aromatic rings. The van der Waals surface area contributed by atoms with Crippen LogP contribution in [0.25, 0.3) is 0 Å². The Morgan fingerprint density at radius 3 is 2.44 bits per heavy atom. The van der Waals surface area contributed by atoms with Crippen LogP contribution in [0.3, 0.4) is 0 Å². The summed E-state index contributed by atoms with van der Waals surface area (Å²) in [6.07, 6.45) is -3.86. The first kappa shape index (κ1) is 23.6. The van der Waals surface area contributed by atoms with Crippen molar-refractivity contribution in [3.8, 4) is 5.75 Å². The van der Waals surface area contributed by atoms with Crippen LogP contribution in [-0.2, 0) is 10.0 Å². The molecule has 0 radical (unpaired) electrons. The number of hydrogen-bond acceptors (Lipinski definition) is 5. The lowest BCUT2D eigenvalue weighted by Gasteiger charge is -2.31. The smallest absolute Gasteiger partial charge is 0.406 e. The Bertz CT molecular complexity index is 1080. The number of nitrogens with one attached hydrogen (secondary N) is 2. The van der Waals surface area contributed by atoms with Gasteiger partial charge in [-0.25, -0.2) is 13.1 Å². The number of fused-ring (bicyclic) bond motifs is 2. The van der Waals surface area contributed by atoms with E-state index in [-0.39, 0.29) is 4.90 Å². The van der Waals surface area contributed by atoms with Crippen molar-refractivity contribution in [2.45, 2.75) is 35.8 Å². The molecule has 2 N–H and O–H groups in total. The molecule has 6 nitrogen and oxygen atoms in total. The van der Waals surface area contributed by atoms with Gasteiger partial charge in [0.05, 0.1) is 21.0 Å². The number of benzene rings is 2. The van der Waals surface area contributed by atoms with Gasteiger partial charge < -0.3 is 10.1 Å². The van der Waals surface area contributed by atoms with E-state index in [1.165, 1.54) is 0 Å². The van der Waals surface area contributed by atoms with E-state index in [1.807, 2.05) is 0 Å². The van der Waals surface area contributed by atoms with E-state index in [0.717, 1.165) is 43.8 Å². The number of piperazine rings is 1. The van der Waals surface area contributed by atoms with E-state index >= 15 is 0 Å². The molecule has 0 saturated carbocycles. The van der Waals surface area contributed by atoms with Gasteiger partial charge in [0.15, 0.2) is 0 Å². The molecular weight excluding hydrogens is 490 g/mol. The molecule has 0 aliphatic carbocycles. The molecule has 12 heteroatoms. The van der Waals surface area contributed by atoms with E-state index in [4.69, 9.17) is 23.2 Å². The molecule has 32 heavy (non-hydrogen) atoms. The van der Waals surface area contributed by atoms with Crippen LogP contribution in [0, 0.1) is 0 Å². The van der Waals surface area contributed by atoms with Gasteiger partial charge in [0.25, 0.3) is 0 Å². The van der Waals surface area contributed by atoms with E-state index < -0.39 is 28.2 Å². The SMILES string of the molecule is O=S(=O)(N[C@@H](CN1C[C@H]2C[C@@H]1CN2)c1ccc(Cl)c(Cl)c1)c1ccc(OC(F)(F)F)cc1. The maximum Gasteiger partial charge on any atom is 0.573 e. The minimum absolute atomic E-state index is 0.179. The van der Waals surface area contributed by atoms with Crippen LogP contribution < -0.4 is 14.8 Å². The lowest BCUT2D eigenvalue weighted by molar-refractivity contribution is -0.274. The number of halogens is 5. The maximum absolute atomic E-state index is 13.0. The van der Waals surface area contributed by atoms with Gasteiger partial charge in [0.2, 0.25) is 10.0 Å². The molecule has 3 atom stereocenters. The second-order valence-corrected chi connectivity index (χ2v) is 10.3. The highest BCUT2D eigenvalue weighted by Gasteiger charge is 2.39. The summed E-state index contributed by atoms with van der Waals surface area (Å²) in [4.78, 5) is 2.04. The summed E-state index contributed by atoms with van der Waals surface area (Å²) >= 11 is 12.2. The molecule has 0 spiro atoms. The molecule has 0 unspecified atom stereocenters. The summed E-state index contributed by atoms with van der Waals surface area (Å²) in [7, 11) is -4.05. The van der Waals surface area contributed by atoms with Crippen LogP contribution in [0.15, 0.2) is 47.4 Å². The van der Waals surface area contributed by atoms with Gasteiger partial charge in [-0.3, -0.25) is 4.90 Å². The molecule has 0 aromatic heterocycles. The van der Waals surface area contributed by atoms with Crippen molar-refractivity contribution in [2.24, 2.45) is 0 Å². The first-order chi connectivity index (χ1) is 15.0. The standard InChI is InChI=1S/C20H20Cl2F3N3O3S/c21-17-6-1-12(7-18(17)22)19(11-28-10-13-8-14(28)9-26-13)27-32(29,30)16-4-2-15(3-5-16)31-20(23,24)25/h1-7,13-14,19,26-27H,8-11H2/t13-,14-,19+/m1/s1. The van der Waals surface area contributed by atoms with Gasteiger partial charge in [0.1, 0.15) is 5.75 Å². The lowest BCUT2D eigenvalue weighted by atomic mass is 10.1. The van der Waals surface area contributed by atoms with Crippen LogP contribution in [0.4, 0.5) is 13.2 Å². The van der Waals surface area contributed by atoms with Gasteiger partial charge in [-0.15, -0.1) is 13.2 Å². The number of hydrogen-bond donors (Lipinski definition) is 2. The van der Waals surface area contributed by atoms with E-state index in [1.54, 1.807) is 18.2 Å². The first-order valence-corrected chi connectivity index (χ1v) is 12.0. The van der Waals surface area contributed by atoms with Crippen molar-refractivity contribution >= 4 is 33.2 Å². The predicted octanol–water partition coefficient (Wildman–Crippen LogP) is 3.96. The fourth-order valence-electron chi connectivity index (χ4n) is 4.12. The van der Waals surface area contributed by atoms with Gasteiger partial charge >= 0.3 is 6.36 Å². The van der Waals surface area contributed by atoms with Crippen molar-refractivity contribution in [2.75, 3.05) is 19.6 Å². The quantitative estimate of drug-likeness (QED) is 0.591. The molecular formula is C20H20Cl2F3N3O3S. The molecule has 2 aliphatic heterocycles. The largest absolute Gasteiger partial charge is 0.573 e. The molecule has 174 valence electrons. The van der Waals surface area contributed by atoms with E-state index in [9.17, 15) is 21.6 Å². The Hall–Kier alpha value is -1.56. The Kier molecular flexibility index (Phi) is 6.63. The number of alkyl halides is 3. The molecule has 2 aliphatic rings. The topological polar surface area (TPSA) is 70.7 Å². The summed E-state index contributed by atoms with van der Waals surface area (Å²) in [6, 6.07) is 9.03. The Balaban J connectivity index is 1.57. The average Bonchev–Trinajstić information content (AvgIpc) is 3.32. The molecule has 2 aromatic carbocycles. The summed E-state index contributed by atoms with van der Waals surface area (Å²) in [5, 5.41) is 4.05. The minimum Gasteiger partial charge on any atom is -0.406 e. The molecule has 2 bridgehead atoms. The summed E-state index contributed by atoms with van der Waals surface area (Å²) in [5.41, 5.74) is 0.635. The van der Waals surface area contributed by atoms with Crippen LogP contribution >= 0.6 is 23.2 Å². The summed E-state index contributed by atoms with van der Waals surface area (Å²) < 4.78 is 69.7. The highest BCUT2D eigenvalue weighted by Crippen LogP contribution is 2.31. The van der Waals surface area contributed by atoms with Crippen molar-refractivity contribution in [3.63, 3.8) is 0 Å². The zero-order valence-electron chi connectivity index (χ0n) is 16.6. The highest BCUT2D eigenvalue weighted by molar-refractivity contribution is 7.89. The summed E-state index contributed by atoms with van der Waals surface area (Å²) in [5.74, 6) is -0.502. The number of nitrogens with zero attached hydrogens (tertiary/aromatic N) is 1. The number of likely N-dealkylation sites (tertiary alicyclic amines) is 1. The van der Waals surface area contributed by atoms with Crippen LogP contribution in [0.5, 0.6) is 5.75 Å². The predicted molar refractivity (Wildman–Crippen MR) is 114 cm³/mol. The van der Waals surface area contributed by atoms with E-state index in [0.29, 0.717) is 34.2 Å². The number of rotatable bonds is 7. The molecule has 2 heterocycles. The second kappa shape index (κ2) is 9.00. The molecule has 2 fully saturated rings. The second-order valence-electron chi connectivity index (χ2n) is 7.82. The molecule has 4 rings (SSSR count). The third-order valence-electron chi connectivity index (χ3n) is 5.60. The first-order valence-electron chi connectivity index (χ1n) is 9.81. The monoisotopic (exact) mass is 509 g/mol. The highest BCUT2D eigenvalue weighted by atomic mass is 35.5. The minimum atomic E-state index is -4.86. The van der Waals surface area contributed by atoms with Crippen LogP contribution in [0.1, 0.15) is 18.0 Å². The number of ether oxygens (including phenoxy) is 1. The van der Waals surface area contributed by atoms with E-state index in [2.05, 4.69) is 19.7 Å². The van der Waals surface area contributed by atoms with Crippen LogP contribution in [-0.4, -0.2) is 51.4 Å². The van der Waals surface area contributed by atoms with Crippen molar-refractivity contribution in [3.05, 3.63) is 58.1 Å². The maximum atomic E-state index is 13.0. The Labute approximate surface area is 193 Å².